The summed E-state index contributed by atoms with van der Waals surface area (Å²) in [4.78, 5) is 10.8. The molecule has 2 rings (SSSR count). The van der Waals surface area contributed by atoms with Crippen molar-refractivity contribution < 1.29 is 14.6 Å². The maximum atomic E-state index is 10.8. The number of esters is 1. The van der Waals surface area contributed by atoms with Crippen molar-refractivity contribution in [3.63, 3.8) is 0 Å². The van der Waals surface area contributed by atoms with Gasteiger partial charge >= 0.3 is 5.97 Å². The average molecular weight is 220 g/mol. The van der Waals surface area contributed by atoms with Gasteiger partial charge in [-0.25, -0.2) is 0 Å². The van der Waals surface area contributed by atoms with E-state index < -0.39 is 5.97 Å². The van der Waals surface area contributed by atoms with Gasteiger partial charge in [-0.3, -0.25) is 15.2 Å². The first-order valence-electron chi connectivity index (χ1n) is 4.86. The first-order valence-corrected chi connectivity index (χ1v) is 4.86. The summed E-state index contributed by atoms with van der Waals surface area (Å²) >= 11 is 0. The lowest BCUT2D eigenvalue weighted by Crippen LogP contribution is -2.32. The molecule has 1 aromatic carbocycles. The molecule has 84 valence electrons. The second kappa shape index (κ2) is 4.14. The van der Waals surface area contributed by atoms with E-state index in [-0.39, 0.29) is 18.2 Å². The molecule has 0 atom stereocenters. The Bertz CT molecular complexity index is 428. The highest BCUT2D eigenvalue weighted by atomic mass is 16.6. The quantitative estimate of drug-likeness (QED) is 0.735. The van der Waals surface area contributed by atoms with Crippen molar-refractivity contribution in [1.29, 1.82) is 0 Å². The van der Waals surface area contributed by atoms with E-state index >= 15 is 0 Å². The third kappa shape index (κ3) is 2.08. The number of nitrogens with zero attached hydrogens (tertiary/aromatic N) is 1. The summed E-state index contributed by atoms with van der Waals surface area (Å²) in [5.74, 6) is -0.362. The first-order chi connectivity index (χ1) is 7.66. The topological polar surface area (TPSA) is 61.8 Å². The normalized spacial score (nSPS) is 14.9. The summed E-state index contributed by atoms with van der Waals surface area (Å²) in [5.41, 5.74) is 3.69. The molecule has 0 fully saturated rings. The molecule has 1 aromatic rings. The molecule has 0 amide bonds. The fourth-order valence-electron chi connectivity index (χ4n) is 1.44. The van der Waals surface area contributed by atoms with E-state index in [9.17, 15) is 9.90 Å². The second-order valence-corrected chi connectivity index (χ2v) is 3.40. The van der Waals surface area contributed by atoms with Crippen LogP contribution in [0.2, 0.25) is 0 Å². The van der Waals surface area contributed by atoms with Gasteiger partial charge in [0.2, 0.25) is 0 Å². The molecule has 0 radical (unpaired) electrons. The summed E-state index contributed by atoms with van der Waals surface area (Å²) in [6, 6.07) is 9.45. The Kier molecular flexibility index (Phi) is 2.68. The average Bonchev–Trinajstić information content (AvgIpc) is 2.61. The predicted octanol–water partition coefficient (Wildman–Crippen LogP) is 1.30. The Morgan fingerprint density at radius 1 is 1.44 bits per heavy atom. The molecule has 0 saturated carbocycles. The number of para-hydroxylation sites is 1. The Hall–Kier alpha value is -2.17. The highest BCUT2D eigenvalue weighted by Gasteiger charge is 2.23. The number of carbonyl (C=O) groups is 1. The van der Waals surface area contributed by atoms with E-state index in [1.165, 1.54) is 6.92 Å². The maximum Gasteiger partial charge on any atom is 0.309 e. The summed E-state index contributed by atoms with van der Waals surface area (Å²) in [5, 5.41) is 11.3. The largest absolute Gasteiger partial charge is 0.505 e. The minimum atomic E-state index is -0.469. The van der Waals surface area contributed by atoms with Crippen molar-refractivity contribution >= 4 is 11.7 Å². The van der Waals surface area contributed by atoms with Gasteiger partial charge in [-0.2, -0.15) is 0 Å². The fraction of sp³-hybridized carbons (Fsp3) is 0.182. The summed E-state index contributed by atoms with van der Waals surface area (Å²) in [6.07, 6.45) is 0. The number of aliphatic hydroxyl groups excluding tert-OH is 1. The number of hydrazine groups is 1. The second-order valence-electron chi connectivity index (χ2n) is 3.40. The van der Waals surface area contributed by atoms with Crippen LogP contribution in [0.25, 0.3) is 0 Å². The number of rotatable bonds is 2. The molecule has 1 aliphatic heterocycles. The third-order valence-electron chi connectivity index (χ3n) is 2.12. The fourth-order valence-corrected chi connectivity index (χ4v) is 1.44. The number of aliphatic hydroxyl groups is 1. The van der Waals surface area contributed by atoms with Crippen molar-refractivity contribution in [3.8, 4) is 0 Å². The van der Waals surface area contributed by atoms with Crippen molar-refractivity contribution in [3.05, 3.63) is 42.0 Å². The predicted molar refractivity (Wildman–Crippen MR) is 58.3 cm³/mol. The SMILES string of the molecule is CC(=O)OC1=C(O)CN(c2ccccc2)N1. The van der Waals surface area contributed by atoms with Crippen molar-refractivity contribution in [2.45, 2.75) is 6.92 Å². The van der Waals surface area contributed by atoms with Gasteiger partial charge < -0.3 is 9.84 Å². The number of anilines is 1. The van der Waals surface area contributed by atoms with Crippen molar-refractivity contribution in [2.75, 3.05) is 11.6 Å². The molecule has 16 heavy (non-hydrogen) atoms. The number of carbonyl (C=O) groups excluding carboxylic acids is 1. The zero-order valence-electron chi connectivity index (χ0n) is 8.80. The van der Waals surface area contributed by atoms with Crippen molar-refractivity contribution in [1.82, 2.24) is 5.43 Å². The molecule has 0 spiro atoms. The Morgan fingerprint density at radius 2 is 2.12 bits per heavy atom. The van der Waals surface area contributed by atoms with Crippen LogP contribution in [0.1, 0.15) is 6.92 Å². The third-order valence-corrected chi connectivity index (χ3v) is 2.12. The van der Waals surface area contributed by atoms with Crippen LogP contribution in [-0.2, 0) is 9.53 Å². The van der Waals surface area contributed by atoms with Gasteiger partial charge in [0.05, 0.1) is 5.69 Å². The number of hydrogen-bond acceptors (Lipinski definition) is 5. The zero-order chi connectivity index (χ0) is 11.5. The van der Waals surface area contributed by atoms with Crippen LogP contribution in [0.4, 0.5) is 5.69 Å². The van der Waals surface area contributed by atoms with E-state index in [4.69, 9.17) is 4.74 Å². The van der Waals surface area contributed by atoms with Crippen molar-refractivity contribution in [2.24, 2.45) is 0 Å². The van der Waals surface area contributed by atoms with Crippen LogP contribution < -0.4 is 10.4 Å². The van der Waals surface area contributed by atoms with Gasteiger partial charge in [0.15, 0.2) is 5.76 Å². The highest BCUT2D eigenvalue weighted by Crippen LogP contribution is 2.19. The van der Waals surface area contributed by atoms with E-state index in [1.54, 1.807) is 5.01 Å². The van der Waals surface area contributed by atoms with Crippen LogP contribution in [0, 0.1) is 0 Å². The molecule has 2 N–H and O–H groups in total. The number of nitrogens with one attached hydrogen (secondary N) is 1. The van der Waals surface area contributed by atoms with E-state index in [0.29, 0.717) is 0 Å². The lowest BCUT2D eigenvalue weighted by atomic mass is 10.3. The molecule has 5 nitrogen and oxygen atoms in total. The smallest absolute Gasteiger partial charge is 0.309 e. The molecule has 1 aliphatic rings. The Labute approximate surface area is 92.9 Å². The van der Waals surface area contributed by atoms with Gasteiger partial charge in [-0.05, 0) is 12.1 Å². The van der Waals surface area contributed by atoms with Gasteiger partial charge in [0, 0.05) is 6.92 Å². The highest BCUT2D eigenvalue weighted by molar-refractivity contribution is 5.67. The summed E-state index contributed by atoms with van der Waals surface area (Å²) < 4.78 is 4.81. The minimum Gasteiger partial charge on any atom is -0.505 e. The number of hydrogen-bond donors (Lipinski definition) is 2. The molecular weight excluding hydrogens is 208 g/mol. The summed E-state index contributed by atoms with van der Waals surface area (Å²) in [6.45, 7) is 1.56. The molecule has 5 heteroatoms. The minimum absolute atomic E-state index is 0.0130. The lowest BCUT2D eigenvalue weighted by molar-refractivity contribution is -0.137. The van der Waals surface area contributed by atoms with Crippen LogP contribution in [-0.4, -0.2) is 17.6 Å². The van der Waals surface area contributed by atoms with Crippen LogP contribution >= 0.6 is 0 Å². The molecule has 0 aliphatic carbocycles. The standard InChI is InChI=1S/C11H12N2O3/c1-8(14)16-11-10(15)7-13(12-11)9-5-3-2-4-6-9/h2-6,12,15H,7H2,1H3. The van der Waals surface area contributed by atoms with Gasteiger partial charge in [-0.1, -0.05) is 18.2 Å². The van der Waals surface area contributed by atoms with Crippen LogP contribution in [0.5, 0.6) is 0 Å². The number of ether oxygens (including phenoxy) is 1. The monoisotopic (exact) mass is 220 g/mol. The maximum absolute atomic E-state index is 10.8. The van der Waals surface area contributed by atoms with E-state index in [1.807, 2.05) is 30.3 Å². The zero-order valence-corrected chi connectivity index (χ0v) is 8.80. The molecule has 0 unspecified atom stereocenters. The Balaban J connectivity index is 2.08. The first kappa shape index (κ1) is 10.4. The molecule has 1 heterocycles. The molecular formula is C11H12N2O3. The number of benzene rings is 1. The lowest BCUT2D eigenvalue weighted by Gasteiger charge is -2.18. The summed E-state index contributed by atoms with van der Waals surface area (Å²) in [7, 11) is 0. The molecule has 0 saturated heterocycles. The van der Waals surface area contributed by atoms with Gasteiger partial charge in [0.25, 0.3) is 5.88 Å². The molecule has 0 aromatic heterocycles. The van der Waals surface area contributed by atoms with Crippen LogP contribution in [0.15, 0.2) is 42.0 Å². The van der Waals surface area contributed by atoms with E-state index in [2.05, 4.69) is 5.43 Å². The van der Waals surface area contributed by atoms with Crippen LogP contribution in [0.3, 0.4) is 0 Å². The van der Waals surface area contributed by atoms with Gasteiger partial charge in [0.1, 0.15) is 6.54 Å². The van der Waals surface area contributed by atoms with Gasteiger partial charge in [-0.15, -0.1) is 0 Å². The van der Waals surface area contributed by atoms with E-state index in [0.717, 1.165) is 5.69 Å². The Morgan fingerprint density at radius 3 is 2.75 bits per heavy atom. The molecule has 0 bridgehead atoms.